The van der Waals surface area contributed by atoms with Gasteiger partial charge in [0.2, 0.25) is 0 Å². The van der Waals surface area contributed by atoms with Crippen LogP contribution < -0.4 is 10.2 Å². The molecule has 1 aromatic rings. The molecule has 0 saturated carbocycles. The SMILES string of the molecule is CN(c1ccc2c(c1)CCCS2)C1CNC1. The van der Waals surface area contributed by atoms with Crippen molar-refractivity contribution >= 4 is 17.4 Å². The second-order valence-electron chi connectivity index (χ2n) is 4.67. The molecule has 2 heterocycles. The highest BCUT2D eigenvalue weighted by molar-refractivity contribution is 7.99. The molecular weight excluding hydrogens is 216 g/mol. The Kier molecular flexibility index (Phi) is 2.82. The second-order valence-corrected chi connectivity index (χ2v) is 5.80. The molecule has 2 aliphatic rings. The number of fused-ring (bicyclic) bond motifs is 1. The summed E-state index contributed by atoms with van der Waals surface area (Å²) in [5.41, 5.74) is 2.93. The van der Waals surface area contributed by atoms with Crippen molar-refractivity contribution in [3.63, 3.8) is 0 Å². The number of aryl methyl sites for hydroxylation is 1. The van der Waals surface area contributed by atoms with Gasteiger partial charge in [-0.15, -0.1) is 11.8 Å². The first-order chi connectivity index (χ1) is 7.84. The smallest absolute Gasteiger partial charge is 0.0535 e. The molecule has 2 nitrogen and oxygen atoms in total. The highest BCUT2D eigenvalue weighted by Crippen LogP contribution is 2.33. The lowest BCUT2D eigenvalue weighted by Gasteiger charge is -2.37. The van der Waals surface area contributed by atoms with Gasteiger partial charge in [-0.3, -0.25) is 0 Å². The van der Waals surface area contributed by atoms with E-state index < -0.39 is 0 Å². The number of anilines is 1. The Labute approximate surface area is 101 Å². The molecule has 1 aromatic carbocycles. The monoisotopic (exact) mass is 234 g/mol. The van der Waals surface area contributed by atoms with Gasteiger partial charge in [-0.1, -0.05) is 0 Å². The predicted molar refractivity (Wildman–Crippen MR) is 70.5 cm³/mol. The standard InChI is InChI=1S/C13H18N2S/c1-15(12-8-14-9-12)11-4-5-13-10(7-11)3-2-6-16-13/h4-5,7,12,14H,2-3,6,8-9H2,1H3. The topological polar surface area (TPSA) is 15.3 Å². The fourth-order valence-electron chi connectivity index (χ4n) is 2.32. The fraction of sp³-hybridized carbons (Fsp3) is 0.538. The lowest BCUT2D eigenvalue weighted by Crippen LogP contribution is -2.56. The van der Waals surface area contributed by atoms with E-state index in [-0.39, 0.29) is 0 Å². The Morgan fingerprint density at radius 3 is 3.00 bits per heavy atom. The molecule has 0 aliphatic carbocycles. The minimum Gasteiger partial charge on any atom is -0.369 e. The highest BCUT2D eigenvalue weighted by Gasteiger charge is 2.22. The third-order valence-electron chi connectivity index (χ3n) is 3.61. The van der Waals surface area contributed by atoms with Crippen molar-refractivity contribution in [2.24, 2.45) is 0 Å². The van der Waals surface area contributed by atoms with Crippen LogP contribution in [0.3, 0.4) is 0 Å². The zero-order valence-electron chi connectivity index (χ0n) is 9.70. The van der Waals surface area contributed by atoms with Gasteiger partial charge in [-0.25, -0.2) is 0 Å². The van der Waals surface area contributed by atoms with Gasteiger partial charge in [-0.05, 0) is 42.4 Å². The molecule has 1 fully saturated rings. The first kappa shape index (κ1) is 10.5. The third-order valence-corrected chi connectivity index (χ3v) is 4.81. The van der Waals surface area contributed by atoms with Gasteiger partial charge in [0.05, 0.1) is 6.04 Å². The van der Waals surface area contributed by atoms with E-state index in [0.717, 1.165) is 13.1 Å². The van der Waals surface area contributed by atoms with Crippen molar-refractivity contribution in [1.82, 2.24) is 5.32 Å². The summed E-state index contributed by atoms with van der Waals surface area (Å²) in [5.74, 6) is 1.29. The summed E-state index contributed by atoms with van der Waals surface area (Å²) in [7, 11) is 2.21. The van der Waals surface area contributed by atoms with Crippen LogP contribution in [-0.4, -0.2) is 31.9 Å². The maximum absolute atomic E-state index is 3.33. The van der Waals surface area contributed by atoms with Crippen molar-refractivity contribution in [2.75, 3.05) is 30.8 Å². The first-order valence-electron chi connectivity index (χ1n) is 6.04. The first-order valence-corrected chi connectivity index (χ1v) is 7.02. The van der Waals surface area contributed by atoms with E-state index in [1.165, 1.54) is 29.2 Å². The van der Waals surface area contributed by atoms with E-state index in [9.17, 15) is 0 Å². The van der Waals surface area contributed by atoms with Gasteiger partial charge in [0.1, 0.15) is 0 Å². The molecular formula is C13H18N2S. The summed E-state index contributed by atoms with van der Waals surface area (Å²) in [5, 5.41) is 3.33. The lowest BCUT2D eigenvalue weighted by atomic mass is 10.1. The van der Waals surface area contributed by atoms with Crippen LogP contribution >= 0.6 is 11.8 Å². The maximum Gasteiger partial charge on any atom is 0.0535 e. The van der Waals surface area contributed by atoms with Gasteiger partial charge >= 0.3 is 0 Å². The third kappa shape index (κ3) is 1.82. The number of likely N-dealkylation sites (N-methyl/N-ethyl adjacent to an activating group) is 1. The number of rotatable bonds is 2. The van der Waals surface area contributed by atoms with E-state index in [4.69, 9.17) is 0 Å². The molecule has 0 amide bonds. The van der Waals surface area contributed by atoms with Crippen LogP contribution in [0.4, 0.5) is 5.69 Å². The van der Waals surface area contributed by atoms with Crippen LogP contribution in [0.25, 0.3) is 0 Å². The highest BCUT2D eigenvalue weighted by atomic mass is 32.2. The Morgan fingerprint density at radius 1 is 1.38 bits per heavy atom. The van der Waals surface area contributed by atoms with Gasteiger partial charge in [0.25, 0.3) is 0 Å². The largest absolute Gasteiger partial charge is 0.369 e. The zero-order valence-corrected chi connectivity index (χ0v) is 10.5. The summed E-state index contributed by atoms with van der Waals surface area (Å²) in [4.78, 5) is 3.91. The second kappa shape index (κ2) is 4.30. The van der Waals surface area contributed by atoms with E-state index >= 15 is 0 Å². The summed E-state index contributed by atoms with van der Waals surface area (Å²) < 4.78 is 0. The molecule has 0 unspecified atom stereocenters. The van der Waals surface area contributed by atoms with Crippen LogP contribution in [0.15, 0.2) is 23.1 Å². The van der Waals surface area contributed by atoms with E-state index in [2.05, 4.69) is 35.5 Å². The molecule has 0 bridgehead atoms. The number of hydrogen-bond donors (Lipinski definition) is 1. The molecule has 86 valence electrons. The van der Waals surface area contributed by atoms with Gasteiger partial charge in [0.15, 0.2) is 0 Å². The van der Waals surface area contributed by atoms with Crippen LogP contribution in [0.1, 0.15) is 12.0 Å². The Balaban J connectivity index is 1.84. The summed E-state index contributed by atoms with van der Waals surface area (Å²) in [6, 6.07) is 7.65. The van der Waals surface area contributed by atoms with Crippen LogP contribution in [0.2, 0.25) is 0 Å². The predicted octanol–water partition coefficient (Wildman–Crippen LogP) is 2.13. The minimum atomic E-state index is 0.689. The Bertz CT molecular complexity index is 388. The molecule has 0 spiro atoms. The van der Waals surface area contributed by atoms with Crippen LogP contribution in [-0.2, 0) is 6.42 Å². The lowest BCUT2D eigenvalue weighted by molar-refractivity contribution is 0.428. The summed E-state index contributed by atoms with van der Waals surface area (Å²) >= 11 is 2.01. The molecule has 0 atom stereocenters. The molecule has 0 aromatic heterocycles. The number of benzene rings is 1. The number of nitrogens with zero attached hydrogens (tertiary/aromatic N) is 1. The molecule has 1 N–H and O–H groups in total. The van der Waals surface area contributed by atoms with Crippen molar-refractivity contribution in [2.45, 2.75) is 23.8 Å². The molecule has 16 heavy (non-hydrogen) atoms. The number of nitrogens with one attached hydrogen (secondary N) is 1. The van der Waals surface area contributed by atoms with Crippen molar-refractivity contribution in [1.29, 1.82) is 0 Å². The minimum absolute atomic E-state index is 0.689. The normalized spacial score (nSPS) is 20.1. The molecule has 0 radical (unpaired) electrons. The average Bonchev–Trinajstić information content (AvgIpc) is 2.26. The van der Waals surface area contributed by atoms with Crippen molar-refractivity contribution in [3.8, 4) is 0 Å². The van der Waals surface area contributed by atoms with Gasteiger partial charge in [0, 0.05) is 30.7 Å². The van der Waals surface area contributed by atoms with E-state index in [0.29, 0.717) is 6.04 Å². The Hall–Kier alpha value is -0.670. The molecule has 3 rings (SSSR count). The van der Waals surface area contributed by atoms with E-state index in [1.54, 1.807) is 5.56 Å². The average molecular weight is 234 g/mol. The maximum atomic E-state index is 3.33. The van der Waals surface area contributed by atoms with Gasteiger partial charge in [-0.2, -0.15) is 0 Å². The fourth-order valence-corrected chi connectivity index (χ4v) is 3.34. The van der Waals surface area contributed by atoms with E-state index in [1.807, 2.05) is 11.8 Å². The molecule has 1 saturated heterocycles. The number of thioether (sulfide) groups is 1. The quantitative estimate of drug-likeness (QED) is 0.844. The zero-order chi connectivity index (χ0) is 11.0. The van der Waals surface area contributed by atoms with Gasteiger partial charge < -0.3 is 10.2 Å². The molecule has 2 aliphatic heterocycles. The number of hydrogen-bond acceptors (Lipinski definition) is 3. The summed E-state index contributed by atoms with van der Waals surface area (Å²) in [6.07, 6.45) is 2.59. The van der Waals surface area contributed by atoms with Crippen LogP contribution in [0, 0.1) is 0 Å². The van der Waals surface area contributed by atoms with Crippen LogP contribution in [0.5, 0.6) is 0 Å². The van der Waals surface area contributed by atoms with Crippen molar-refractivity contribution < 1.29 is 0 Å². The summed E-state index contributed by atoms with van der Waals surface area (Å²) in [6.45, 7) is 2.25. The Morgan fingerprint density at radius 2 is 2.25 bits per heavy atom. The molecule has 3 heteroatoms. The van der Waals surface area contributed by atoms with Crippen molar-refractivity contribution in [3.05, 3.63) is 23.8 Å².